The molecule has 0 saturated carbocycles. The zero-order valence-corrected chi connectivity index (χ0v) is 11.4. The van der Waals surface area contributed by atoms with E-state index in [1.807, 2.05) is 0 Å². The first-order valence-electron chi connectivity index (χ1n) is 5.98. The molecule has 20 heavy (non-hydrogen) atoms. The van der Waals surface area contributed by atoms with Crippen molar-refractivity contribution in [3.8, 4) is 0 Å². The van der Waals surface area contributed by atoms with Gasteiger partial charge in [-0.25, -0.2) is 0 Å². The summed E-state index contributed by atoms with van der Waals surface area (Å²) in [4.78, 5) is 34.4. The zero-order chi connectivity index (χ0) is 15.1. The molecule has 1 aromatic rings. The summed E-state index contributed by atoms with van der Waals surface area (Å²) in [6, 6.07) is 5.93. The van der Waals surface area contributed by atoms with E-state index in [-0.39, 0.29) is 37.0 Å². The molecule has 1 aromatic carbocycles. The van der Waals surface area contributed by atoms with Crippen LogP contribution < -0.4 is 0 Å². The van der Waals surface area contributed by atoms with Gasteiger partial charge in [-0.15, -0.1) is 0 Å². The van der Waals surface area contributed by atoms with Crippen LogP contribution in [-0.4, -0.2) is 42.4 Å². The summed E-state index contributed by atoms with van der Waals surface area (Å²) in [7, 11) is 2.86. The molecular formula is C13H16N2O5. The Balaban J connectivity index is 2.59. The topological polar surface area (TPSA) is 89.8 Å². The summed E-state index contributed by atoms with van der Waals surface area (Å²) < 4.78 is 4.49. The van der Waals surface area contributed by atoms with E-state index in [4.69, 9.17) is 0 Å². The van der Waals surface area contributed by atoms with E-state index >= 15 is 0 Å². The monoisotopic (exact) mass is 280 g/mol. The van der Waals surface area contributed by atoms with Gasteiger partial charge >= 0.3 is 5.97 Å². The van der Waals surface area contributed by atoms with Crippen molar-refractivity contribution in [3.63, 3.8) is 0 Å². The number of benzene rings is 1. The van der Waals surface area contributed by atoms with Gasteiger partial charge in [0.1, 0.15) is 0 Å². The smallest absolute Gasteiger partial charge is 0.307 e. The molecule has 0 aromatic heterocycles. The molecule has 0 atom stereocenters. The third-order valence-electron chi connectivity index (χ3n) is 2.78. The lowest BCUT2D eigenvalue weighted by Gasteiger charge is -2.16. The highest BCUT2D eigenvalue weighted by Crippen LogP contribution is 2.14. The molecule has 0 aliphatic carbocycles. The van der Waals surface area contributed by atoms with Gasteiger partial charge in [-0.2, -0.15) is 0 Å². The first kappa shape index (κ1) is 15.6. The molecule has 0 bridgehead atoms. The highest BCUT2D eigenvalue weighted by atomic mass is 16.6. The van der Waals surface area contributed by atoms with Gasteiger partial charge in [0, 0.05) is 25.7 Å². The summed E-state index contributed by atoms with van der Waals surface area (Å²) in [5.41, 5.74) is 0.515. The molecule has 0 aliphatic heterocycles. The Morgan fingerprint density at radius 3 is 2.70 bits per heavy atom. The molecule has 0 unspecified atom stereocenters. The van der Waals surface area contributed by atoms with Crippen molar-refractivity contribution < 1.29 is 19.2 Å². The lowest BCUT2D eigenvalue weighted by atomic mass is 10.1. The number of rotatable bonds is 6. The van der Waals surface area contributed by atoms with Crippen LogP contribution in [0.15, 0.2) is 24.3 Å². The average Bonchev–Trinajstić information content (AvgIpc) is 2.44. The molecule has 0 radical (unpaired) electrons. The fourth-order valence-corrected chi connectivity index (χ4v) is 1.58. The van der Waals surface area contributed by atoms with Crippen molar-refractivity contribution >= 4 is 17.6 Å². The molecule has 7 heteroatoms. The SMILES string of the molecule is COC(=O)CCN(C)C(=O)Cc1cccc([N+](=O)[O-])c1. The van der Waals surface area contributed by atoms with Crippen LogP contribution in [0.5, 0.6) is 0 Å². The van der Waals surface area contributed by atoms with Gasteiger partial charge in [-0.05, 0) is 5.56 Å². The first-order chi connectivity index (χ1) is 9.43. The third kappa shape index (κ3) is 4.68. The highest BCUT2D eigenvalue weighted by molar-refractivity contribution is 5.79. The number of methoxy groups -OCH3 is 1. The van der Waals surface area contributed by atoms with E-state index in [9.17, 15) is 19.7 Å². The van der Waals surface area contributed by atoms with Gasteiger partial charge in [0.25, 0.3) is 5.69 Å². The van der Waals surface area contributed by atoms with Crippen molar-refractivity contribution in [1.29, 1.82) is 0 Å². The van der Waals surface area contributed by atoms with Crippen LogP contribution >= 0.6 is 0 Å². The Labute approximate surface area is 116 Å². The molecule has 0 spiro atoms. The fraction of sp³-hybridized carbons (Fsp3) is 0.385. The second-order valence-electron chi connectivity index (χ2n) is 4.25. The van der Waals surface area contributed by atoms with Crippen LogP contribution in [0.2, 0.25) is 0 Å². The number of amides is 1. The minimum atomic E-state index is -0.505. The van der Waals surface area contributed by atoms with Crippen LogP contribution in [0, 0.1) is 10.1 Å². The largest absolute Gasteiger partial charge is 0.469 e. The van der Waals surface area contributed by atoms with Crippen LogP contribution in [0.4, 0.5) is 5.69 Å². The lowest BCUT2D eigenvalue weighted by Crippen LogP contribution is -2.30. The Morgan fingerprint density at radius 2 is 2.10 bits per heavy atom. The molecule has 0 N–H and O–H groups in total. The predicted molar refractivity (Wildman–Crippen MR) is 71.1 cm³/mol. The quantitative estimate of drug-likeness (QED) is 0.443. The zero-order valence-electron chi connectivity index (χ0n) is 11.4. The average molecular weight is 280 g/mol. The molecule has 7 nitrogen and oxygen atoms in total. The van der Waals surface area contributed by atoms with E-state index in [0.29, 0.717) is 5.56 Å². The summed E-state index contributed by atoms with van der Waals surface area (Å²) >= 11 is 0. The van der Waals surface area contributed by atoms with Crippen molar-refractivity contribution in [3.05, 3.63) is 39.9 Å². The molecule has 0 saturated heterocycles. The van der Waals surface area contributed by atoms with Crippen LogP contribution in [-0.2, 0) is 20.7 Å². The van der Waals surface area contributed by atoms with Gasteiger partial charge in [-0.3, -0.25) is 19.7 Å². The highest BCUT2D eigenvalue weighted by Gasteiger charge is 2.13. The molecule has 0 fully saturated rings. The molecule has 108 valence electrons. The van der Waals surface area contributed by atoms with Crippen molar-refractivity contribution in [2.24, 2.45) is 0 Å². The number of nitrogens with zero attached hydrogens (tertiary/aromatic N) is 2. The number of carbonyl (C=O) groups is 2. The van der Waals surface area contributed by atoms with Gasteiger partial charge < -0.3 is 9.64 Å². The van der Waals surface area contributed by atoms with Crippen LogP contribution in [0.1, 0.15) is 12.0 Å². The summed E-state index contributed by atoms with van der Waals surface area (Å²) in [6.45, 7) is 0.250. The maximum absolute atomic E-state index is 11.9. The Kier molecular flexibility index (Phi) is 5.64. The predicted octanol–water partition coefficient (Wildman–Crippen LogP) is 1.16. The summed E-state index contributed by atoms with van der Waals surface area (Å²) in [5, 5.41) is 10.6. The van der Waals surface area contributed by atoms with E-state index in [1.165, 1.54) is 30.2 Å². The number of esters is 1. The number of nitro groups is 1. The molecule has 1 rings (SSSR count). The van der Waals surface area contributed by atoms with Crippen molar-refractivity contribution in [1.82, 2.24) is 4.90 Å². The molecule has 0 heterocycles. The molecule has 0 aliphatic rings. The number of carbonyl (C=O) groups excluding carboxylic acids is 2. The van der Waals surface area contributed by atoms with Gasteiger partial charge in [0.2, 0.25) is 5.91 Å². The number of nitro benzene ring substituents is 1. The van der Waals surface area contributed by atoms with Gasteiger partial charge in [0.05, 0.1) is 24.9 Å². The molecular weight excluding hydrogens is 264 g/mol. The van der Waals surface area contributed by atoms with Crippen LogP contribution in [0.25, 0.3) is 0 Å². The summed E-state index contributed by atoms with van der Waals surface area (Å²) in [6.07, 6.45) is 0.174. The van der Waals surface area contributed by atoms with E-state index in [2.05, 4.69) is 4.74 Å². The van der Waals surface area contributed by atoms with Crippen LogP contribution in [0.3, 0.4) is 0 Å². The number of ether oxygens (including phenoxy) is 1. The van der Waals surface area contributed by atoms with Crippen molar-refractivity contribution in [2.75, 3.05) is 20.7 Å². The number of likely N-dealkylation sites (N-methyl/N-ethyl adjacent to an activating group) is 1. The van der Waals surface area contributed by atoms with Gasteiger partial charge in [-0.1, -0.05) is 12.1 Å². The fourth-order valence-electron chi connectivity index (χ4n) is 1.58. The Bertz CT molecular complexity index is 515. The maximum Gasteiger partial charge on any atom is 0.307 e. The lowest BCUT2D eigenvalue weighted by molar-refractivity contribution is -0.384. The second kappa shape index (κ2) is 7.22. The van der Waals surface area contributed by atoms with E-state index in [0.717, 1.165) is 0 Å². The van der Waals surface area contributed by atoms with Crippen molar-refractivity contribution in [2.45, 2.75) is 12.8 Å². The van der Waals surface area contributed by atoms with Gasteiger partial charge in [0.15, 0.2) is 0 Å². The van der Waals surface area contributed by atoms with E-state index < -0.39 is 4.92 Å². The Morgan fingerprint density at radius 1 is 1.40 bits per heavy atom. The summed E-state index contributed by atoms with van der Waals surface area (Å²) in [5.74, 6) is -0.602. The standard InChI is InChI=1S/C13H16N2O5/c1-14(7-6-13(17)20-2)12(16)9-10-4-3-5-11(8-10)15(18)19/h3-5,8H,6-7,9H2,1-2H3. The number of non-ortho nitro benzene ring substituents is 1. The molecule has 1 amide bonds. The number of hydrogen-bond acceptors (Lipinski definition) is 5. The normalized spacial score (nSPS) is 9.90. The minimum Gasteiger partial charge on any atom is -0.469 e. The Hall–Kier alpha value is -2.44. The maximum atomic E-state index is 11.9. The third-order valence-corrected chi connectivity index (χ3v) is 2.78. The first-order valence-corrected chi connectivity index (χ1v) is 5.98. The minimum absolute atomic E-state index is 0.0486. The number of hydrogen-bond donors (Lipinski definition) is 0. The second-order valence-corrected chi connectivity index (χ2v) is 4.25. The van der Waals surface area contributed by atoms with E-state index in [1.54, 1.807) is 13.1 Å².